The molecule has 1 N–H and O–H groups in total. The summed E-state index contributed by atoms with van der Waals surface area (Å²) in [6, 6.07) is 13.2. The summed E-state index contributed by atoms with van der Waals surface area (Å²) in [5.74, 6) is -0.224. The third-order valence-electron chi connectivity index (χ3n) is 3.43. The third kappa shape index (κ3) is 2.35. The highest BCUT2D eigenvalue weighted by Gasteiger charge is 2.06. The van der Waals surface area contributed by atoms with Crippen LogP contribution in [0.25, 0.3) is 10.8 Å². The molecule has 3 aromatic rings. The molecule has 3 heteroatoms. The lowest BCUT2D eigenvalue weighted by Crippen LogP contribution is -2.04. The molecule has 0 saturated carbocycles. The molecule has 0 atom stereocenters. The van der Waals surface area contributed by atoms with Crippen molar-refractivity contribution in [2.45, 2.75) is 13.5 Å². The first-order valence-electron chi connectivity index (χ1n) is 6.56. The molecule has 1 aromatic heterocycles. The minimum absolute atomic E-state index is 0.224. The summed E-state index contributed by atoms with van der Waals surface area (Å²) in [5.41, 5.74) is 2.52. The molecule has 0 bridgehead atoms. The molecule has 0 saturated heterocycles. The van der Waals surface area contributed by atoms with E-state index < -0.39 is 0 Å². The maximum Gasteiger partial charge on any atom is 0.146 e. The average Bonchev–Trinajstić information content (AvgIpc) is 2.47. The number of anilines is 1. The first-order chi connectivity index (χ1) is 9.75. The maximum atomic E-state index is 13.8. The number of rotatable bonds is 3. The number of halogens is 1. The fraction of sp³-hybridized carbons (Fsp3) is 0.118. The first-order valence-corrected chi connectivity index (χ1v) is 6.56. The molecule has 20 heavy (non-hydrogen) atoms. The topological polar surface area (TPSA) is 24.9 Å². The Morgan fingerprint density at radius 1 is 1.05 bits per heavy atom. The second-order valence-electron chi connectivity index (χ2n) is 4.81. The summed E-state index contributed by atoms with van der Waals surface area (Å²) < 4.78 is 13.8. The number of para-hydroxylation sites is 1. The molecule has 0 spiro atoms. The second kappa shape index (κ2) is 5.29. The van der Waals surface area contributed by atoms with Gasteiger partial charge in [-0.05, 0) is 29.5 Å². The highest BCUT2D eigenvalue weighted by Crippen LogP contribution is 2.22. The number of nitrogens with zero attached hydrogens (tertiary/aromatic N) is 1. The van der Waals surface area contributed by atoms with Crippen molar-refractivity contribution in [2.75, 3.05) is 5.32 Å². The van der Waals surface area contributed by atoms with E-state index >= 15 is 0 Å². The number of aromatic nitrogens is 1. The van der Waals surface area contributed by atoms with Crippen LogP contribution < -0.4 is 5.32 Å². The van der Waals surface area contributed by atoms with Gasteiger partial charge in [-0.3, -0.25) is 4.98 Å². The van der Waals surface area contributed by atoms with Gasteiger partial charge < -0.3 is 5.32 Å². The van der Waals surface area contributed by atoms with Crippen LogP contribution in [0.4, 0.5) is 10.1 Å². The van der Waals surface area contributed by atoms with Crippen molar-refractivity contribution in [3.8, 4) is 0 Å². The van der Waals surface area contributed by atoms with Gasteiger partial charge in [0, 0.05) is 24.3 Å². The van der Waals surface area contributed by atoms with Gasteiger partial charge in [0.1, 0.15) is 5.82 Å². The van der Waals surface area contributed by atoms with Crippen LogP contribution in [-0.2, 0) is 6.54 Å². The van der Waals surface area contributed by atoms with E-state index in [9.17, 15) is 4.39 Å². The summed E-state index contributed by atoms with van der Waals surface area (Å²) in [6.45, 7) is 2.45. The molecule has 0 aliphatic carbocycles. The molecule has 0 amide bonds. The van der Waals surface area contributed by atoms with Crippen molar-refractivity contribution >= 4 is 16.5 Å². The van der Waals surface area contributed by atoms with Crippen molar-refractivity contribution in [1.29, 1.82) is 0 Å². The Morgan fingerprint density at radius 2 is 1.90 bits per heavy atom. The van der Waals surface area contributed by atoms with E-state index in [0.717, 1.165) is 21.9 Å². The highest BCUT2D eigenvalue weighted by molar-refractivity contribution is 5.84. The summed E-state index contributed by atoms with van der Waals surface area (Å²) in [6.07, 6.45) is 3.67. The van der Waals surface area contributed by atoms with E-state index in [1.54, 1.807) is 6.07 Å². The number of benzene rings is 2. The Bertz CT molecular complexity index is 727. The van der Waals surface area contributed by atoms with Gasteiger partial charge in [0.05, 0.1) is 5.69 Å². The van der Waals surface area contributed by atoms with Gasteiger partial charge in [0.25, 0.3) is 0 Å². The zero-order valence-corrected chi connectivity index (χ0v) is 11.2. The van der Waals surface area contributed by atoms with Crippen molar-refractivity contribution < 1.29 is 4.39 Å². The number of hydrogen-bond donors (Lipinski definition) is 1. The molecule has 0 unspecified atom stereocenters. The standard InChI is InChI=1S/C17H15FN2/c1-12-5-4-8-16(18)17(12)20-11-14-10-19-9-13-6-2-3-7-15(13)14/h2-10,20H,11H2,1H3. The smallest absolute Gasteiger partial charge is 0.146 e. The molecule has 2 nitrogen and oxygen atoms in total. The van der Waals surface area contributed by atoms with E-state index in [2.05, 4.69) is 16.4 Å². The Balaban J connectivity index is 1.91. The lowest BCUT2D eigenvalue weighted by atomic mass is 10.1. The van der Waals surface area contributed by atoms with Crippen LogP contribution in [0.5, 0.6) is 0 Å². The summed E-state index contributed by atoms with van der Waals surface area (Å²) in [7, 11) is 0. The fourth-order valence-electron chi connectivity index (χ4n) is 2.36. The van der Waals surface area contributed by atoms with Crippen LogP contribution in [0, 0.1) is 12.7 Å². The average molecular weight is 266 g/mol. The molecular formula is C17H15FN2. The van der Waals surface area contributed by atoms with Gasteiger partial charge in [0.2, 0.25) is 0 Å². The molecule has 0 aliphatic rings. The molecule has 1 heterocycles. The maximum absolute atomic E-state index is 13.8. The minimum Gasteiger partial charge on any atom is -0.378 e. The Hall–Kier alpha value is -2.42. The predicted molar refractivity (Wildman–Crippen MR) is 80.2 cm³/mol. The van der Waals surface area contributed by atoms with Gasteiger partial charge in [0.15, 0.2) is 0 Å². The third-order valence-corrected chi connectivity index (χ3v) is 3.43. The molecular weight excluding hydrogens is 251 g/mol. The predicted octanol–water partition coefficient (Wildman–Crippen LogP) is 4.29. The highest BCUT2D eigenvalue weighted by atomic mass is 19.1. The summed E-state index contributed by atoms with van der Waals surface area (Å²) >= 11 is 0. The molecule has 3 rings (SSSR count). The van der Waals surface area contributed by atoms with Crippen LogP contribution in [-0.4, -0.2) is 4.98 Å². The monoisotopic (exact) mass is 266 g/mol. The lowest BCUT2D eigenvalue weighted by molar-refractivity contribution is 0.629. The van der Waals surface area contributed by atoms with Crippen molar-refractivity contribution in [2.24, 2.45) is 0 Å². The van der Waals surface area contributed by atoms with Gasteiger partial charge in [-0.2, -0.15) is 0 Å². The summed E-state index contributed by atoms with van der Waals surface area (Å²) in [5, 5.41) is 5.41. The van der Waals surface area contributed by atoms with Crippen LogP contribution in [0.1, 0.15) is 11.1 Å². The zero-order valence-electron chi connectivity index (χ0n) is 11.2. The Morgan fingerprint density at radius 3 is 2.75 bits per heavy atom. The summed E-state index contributed by atoms with van der Waals surface area (Å²) in [4.78, 5) is 4.24. The minimum atomic E-state index is -0.224. The van der Waals surface area contributed by atoms with Crippen molar-refractivity contribution in [3.63, 3.8) is 0 Å². The molecule has 2 aromatic carbocycles. The van der Waals surface area contributed by atoms with E-state index in [4.69, 9.17) is 0 Å². The Labute approximate surface area is 117 Å². The molecule has 0 radical (unpaired) electrons. The van der Waals surface area contributed by atoms with Crippen molar-refractivity contribution in [3.05, 3.63) is 71.8 Å². The van der Waals surface area contributed by atoms with Crippen LogP contribution in [0.3, 0.4) is 0 Å². The van der Waals surface area contributed by atoms with E-state index in [1.165, 1.54) is 6.07 Å². The Kier molecular flexibility index (Phi) is 3.33. The molecule has 0 fully saturated rings. The lowest BCUT2D eigenvalue weighted by Gasteiger charge is -2.12. The van der Waals surface area contributed by atoms with E-state index in [-0.39, 0.29) is 5.82 Å². The SMILES string of the molecule is Cc1cccc(F)c1NCc1cncc2ccccc12. The van der Waals surface area contributed by atoms with Gasteiger partial charge in [-0.15, -0.1) is 0 Å². The largest absolute Gasteiger partial charge is 0.378 e. The number of fused-ring (bicyclic) bond motifs is 1. The quantitative estimate of drug-likeness (QED) is 0.764. The van der Waals surface area contributed by atoms with Gasteiger partial charge in [-0.25, -0.2) is 4.39 Å². The number of nitrogens with one attached hydrogen (secondary N) is 1. The van der Waals surface area contributed by atoms with Crippen LogP contribution >= 0.6 is 0 Å². The van der Waals surface area contributed by atoms with E-state index in [1.807, 2.05) is 43.6 Å². The zero-order chi connectivity index (χ0) is 13.9. The van der Waals surface area contributed by atoms with Crippen LogP contribution in [0.15, 0.2) is 54.9 Å². The van der Waals surface area contributed by atoms with Gasteiger partial charge >= 0.3 is 0 Å². The second-order valence-corrected chi connectivity index (χ2v) is 4.81. The molecule has 100 valence electrons. The number of hydrogen-bond acceptors (Lipinski definition) is 2. The number of pyridine rings is 1. The van der Waals surface area contributed by atoms with Gasteiger partial charge in [-0.1, -0.05) is 36.4 Å². The number of aryl methyl sites for hydroxylation is 1. The van der Waals surface area contributed by atoms with Crippen LogP contribution in [0.2, 0.25) is 0 Å². The molecule has 0 aliphatic heterocycles. The fourth-order valence-corrected chi connectivity index (χ4v) is 2.36. The van der Waals surface area contributed by atoms with Crippen molar-refractivity contribution in [1.82, 2.24) is 4.98 Å². The normalized spacial score (nSPS) is 10.7. The van der Waals surface area contributed by atoms with E-state index in [0.29, 0.717) is 12.2 Å². The first kappa shape index (κ1) is 12.6.